The van der Waals surface area contributed by atoms with Crippen LogP contribution in [0.25, 0.3) is 0 Å². The minimum absolute atomic E-state index is 0.0105. The molecule has 0 radical (unpaired) electrons. The van der Waals surface area contributed by atoms with Crippen LogP contribution in [0.3, 0.4) is 0 Å². The molecule has 0 spiro atoms. The molecular weight excluding hydrogens is 587 g/mol. The minimum atomic E-state index is -4.29. The van der Waals surface area contributed by atoms with E-state index in [0.717, 1.165) is 11.6 Å². The van der Waals surface area contributed by atoms with Crippen molar-refractivity contribution in [1.82, 2.24) is 0 Å². The number of ketones is 1. The van der Waals surface area contributed by atoms with E-state index in [2.05, 4.69) is 5.32 Å². The highest BCUT2D eigenvalue weighted by Gasteiger charge is 2.29. The molecule has 0 atom stereocenters. The highest BCUT2D eigenvalue weighted by Crippen LogP contribution is 2.31. The molecule has 1 N–H and O–H groups in total. The summed E-state index contributed by atoms with van der Waals surface area (Å²) in [7, 11) is -4.29. The van der Waals surface area contributed by atoms with Crippen molar-refractivity contribution in [2.75, 3.05) is 16.2 Å². The summed E-state index contributed by atoms with van der Waals surface area (Å²) in [6, 6.07) is 25.2. The Morgan fingerprint density at radius 1 is 0.829 bits per heavy atom. The Labute approximate surface area is 247 Å². The molecule has 0 aliphatic heterocycles. The number of anilines is 2. The third-order valence-electron chi connectivity index (χ3n) is 5.93. The first-order valence-corrected chi connectivity index (χ1v) is 14.4. The van der Waals surface area contributed by atoms with Crippen molar-refractivity contribution in [3.8, 4) is 0 Å². The van der Waals surface area contributed by atoms with Crippen LogP contribution in [0.1, 0.15) is 33.2 Å². The van der Waals surface area contributed by atoms with E-state index >= 15 is 0 Å². The number of halogens is 2. The number of esters is 1. The second-order valence-electron chi connectivity index (χ2n) is 8.88. The Hall–Kier alpha value is -4.18. The van der Waals surface area contributed by atoms with Crippen LogP contribution in [0.2, 0.25) is 10.0 Å². The van der Waals surface area contributed by atoms with Crippen LogP contribution in [0.5, 0.6) is 0 Å². The van der Waals surface area contributed by atoms with E-state index in [0.29, 0.717) is 22.0 Å². The average Bonchev–Trinajstić information content (AvgIpc) is 2.96. The van der Waals surface area contributed by atoms with Gasteiger partial charge in [0.15, 0.2) is 12.4 Å². The normalized spacial score (nSPS) is 11.0. The van der Waals surface area contributed by atoms with Crippen LogP contribution in [-0.4, -0.2) is 32.7 Å². The van der Waals surface area contributed by atoms with Gasteiger partial charge >= 0.3 is 5.97 Å². The Balaban J connectivity index is 1.54. The van der Waals surface area contributed by atoms with Crippen LogP contribution in [0.4, 0.5) is 11.4 Å². The van der Waals surface area contributed by atoms with Crippen molar-refractivity contribution >= 4 is 62.3 Å². The molecule has 0 saturated carbocycles. The lowest BCUT2D eigenvalue weighted by Crippen LogP contribution is -2.31. The summed E-state index contributed by atoms with van der Waals surface area (Å²) in [6.45, 7) is 0.797. The van der Waals surface area contributed by atoms with Gasteiger partial charge in [-0.15, -0.1) is 0 Å². The molecule has 11 heteroatoms. The number of carbonyl (C=O) groups is 3. The van der Waals surface area contributed by atoms with Gasteiger partial charge in [0.05, 0.1) is 22.8 Å². The number of benzene rings is 4. The molecule has 4 aromatic rings. The molecule has 4 aromatic carbocycles. The van der Waals surface area contributed by atoms with Crippen LogP contribution in [0, 0.1) is 0 Å². The zero-order valence-corrected chi connectivity index (χ0v) is 24.0. The zero-order valence-electron chi connectivity index (χ0n) is 21.7. The van der Waals surface area contributed by atoms with Gasteiger partial charge in [-0.05, 0) is 79.2 Å². The van der Waals surface area contributed by atoms with E-state index in [4.69, 9.17) is 27.9 Å². The highest BCUT2D eigenvalue weighted by atomic mass is 35.5. The number of hydrogen-bond donors (Lipinski definition) is 1. The zero-order chi connectivity index (χ0) is 29.6. The lowest BCUT2D eigenvalue weighted by atomic mass is 10.1. The number of amides is 1. The summed E-state index contributed by atoms with van der Waals surface area (Å²) in [6.07, 6.45) is 0. The summed E-state index contributed by atoms with van der Waals surface area (Å²) in [4.78, 5) is 36.2. The number of ether oxygens (including phenoxy) is 1. The van der Waals surface area contributed by atoms with E-state index in [1.54, 1.807) is 72.8 Å². The first-order chi connectivity index (χ1) is 19.5. The fraction of sp³-hybridized carbons (Fsp3) is 0.100. The van der Waals surface area contributed by atoms with E-state index in [1.165, 1.54) is 23.4 Å². The van der Waals surface area contributed by atoms with Crippen LogP contribution in [-0.2, 0) is 26.1 Å². The topological polar surface area (TPSA) is 110 Å². The van der Waals surface area contributed by atoms with E-state index in [1.807, 2.05) is 6.07 Å². The molecular formula is C30H24Cl2N2O6S. The number of rotatable bonds is 10. The lowest BCUT2D eigenvalue weighted by molar-refractivity contribution is -0.119. The molecule has 0 heterocycles. The molecule has 0 aliphatic carbocycles. The number of sulfonamides is 1. The second kappa shape index (κ2) is 13.0. The van der Waals surface area contributed by atoms with Crippen LogP contribution >= 0.6 is 23.2 Å². The summed E-state index contributed by atoms with van der Waals surface area (Å²) in [5.41, 5.74) is 1.86. The maximum Gasteiger partial charge on any atom is 0.338 e. The molecule has 0 fully saturated rings. The third-order valence-corrected chi connectivity index (χ3v) is 8.44. The molecule has 0 saturated heterocycles. The largest absolute Gasteiger partial charge is 0.452 e. The number of nitrogens with zero attached hydrogens (tertiary/aromatic N) is 1. The van der Waals surface area contributed by atoms with Gasteiger partial charge in [-0.1, -0.05) is 53.5 Å². The van der Waals surface area contributed by atoms with E-state index < -0.39 is 28.5 Å². The molecule has 41 heavy (non-hydrogen) atoms. The first kappa shape index (κ1) is 29.8. The molecule has 0 aromatic heterocycles. The van der Waals surface area contributed by atoms with Crippen LogP contribution in [0.15, 0.2) is 102 Å². The number of Topliss-reactive ketones (excluding diaryl/α,β-unsaturated/α-hetero) is 1. The summed E-state index contributed by atoms with van der Waals surface area (Å²) in [5.74, 6) is -1.65. The molecule has 0 unspecified atom stereocenters. The number of hydrogen-bond acceptors (Lipinski definition) is 6. The summed E-state index contributed by atoms with van der Waals surface area (Å²) in [5, 5.41) is 2.90. The Morgan fingerprint density at radius 2 is 1.46 bits per heavy atom. The minimum Gasteiger partial charge on any atom is -0.452 e. The quantitative estimate of drug-likeness (QED) is 0.165. The Bertz CT molecular complexity index is 1680. The summed E-state index contributed by atoms with van der Waals surface area (Å²) >= 11 is 12.4. The van der Waals surface area contributed by atoms with Gasteiger partial charge in [-0.3, -0.25) is 13.9 Å². The highest BCUT2D eigenvalue weighted by molar-refractivity contribution is 7.93. The predicted octanol–water partition coefficient (Wildman–Crippen LogP) is 6.39. The van der Waals surface area contributed by atoms with Crippen molar-refractivity contribution in [2.24, 2.45) is 0 Å². The number of carbonyl (C=O) groups excluding carboxylic acids is 3. The smallest absolute Gasteiger partial charge is 0.338 e. The third kappa shape index (κ3) is 7.52. The molecule has 0 bridgehead atoms. The molecule has 210 valence electrons. The molecule has 0 aliphatic rings. The van der Waals surface area contributed by atoms with E-state index in [-0.39, 0.29) is 27.8 Å². The van der Waals surface area contributed by atoms with Gasteiger partial charge in [0.2, 0.25) is 0 Å². The van der Waals surface area contributed by atoms with E-state index in [9.17, 15) is 22.8 Å². The Kier molecular flexibility index (Phi) is 9.44. The summed E-state index contributed by atoms with van der Waals surface area (Å²) < 4.78 is 34.1. The van der Waals surface area contributed by atoms with Crippen LogP contribution < -0.4 is 9.62 Å². The maximum atomic E-state index is 13.9. The van der Waals surface area contributed by atoms with Gasteiger partial charge in [0, 0.05) is 16.3 Å². The monoisotopic (exact) mass is 610 g/mol. The molecule has 1 amide bonds. The number of nitrogens with one attached hydrogen (secondary N) is 1. The van der Waals surface area contributed by atoms with Crippen molar-refractivity contribution in [3.63, 3.8) is 0 Å². The predicted molar refractivity (Wildman–Crippen MR) is 158 cm³/mol. The van der Waals surface area contributed by atoms with Gasteiger partial charge < -0.3 is 10.1 Å². The fourth-order valence-corrected chi connectivity index (χ4v) is 5.90. The van der Waals surface area contributed by atoms with Gasteiger partial charge in [0.25, 0.3) is 15.9 Å². The molecule has 8 nitrogen and oxygen atoms in total. The van der Waals surface area contributed by atoms with Gasteiger partial charge in [0.1, 0.15) is 4.90 Å². The SMILES string of the molecule is CC(=O)c1ccc(NC(=O)COC(=O)c2ccc(Cl)c(S(=O)(=O)N(Cc3ccccc3)c3ccc(Cl)cc3)c2)cc1. The fourth-order valence-electron chi connectivity index (χ4n) is 3.82. The Morgan fingerprint density at radius 3 is 2.10 bits per heavy atom. The average molecular weight is 612 g/mol. The van der Waals surface area contributed by atoms with Crippen molar-refractivity contribution in [2.45, 2.75) is 18.4 Å². The van der Waals surface area contributed by atoms with Gasteiger partial charge in [-0.25, -0.2) is 13.2 Å². The second-order valence-corrected chi connectivity index (χ2v) is 11.6. The van der Waals surface area contributed by atoms with Crippen molar-refractivity contribution in [1.29, 1.82) is 0 Å². The molecule has 4 rings (SSSR count). The maximum absolute atomic E-state index is 13.9. The standard InChI is InChI=1S/C30H24Cl2N2O6S/c1-20(35)22-7-12-25(13-8-22)33-29(36)19-40-30(37)23-9-16-27(32)28(17-23)41(38,39)34(18-21-5-3-2-4-6-21)26-14-10-24(31)11-15-26/h2-17H,18-19H2,1H3,(H,33,36). The van der Waals surface area contributed by atoms with Crippen molar-refractivity contribution in [3.05, 3.63) is 124 Å². The van der Waals surface area contributed by atoms with Gasteiger partial charge in [-0.2, -0.15) is 0 Å². The van der Waals surface area contributed by atoms with Crippen molar-refractivity contribution < 1.29 is 27.5 Å². The lowest BCUT2D eigenvalue weighted by Gasteiger charge is -2.25. The first-order valence-electron chi connectivity index (χ1n) is 12.2.